The number of rotatable bonds is 5. The highest BCUT2D eigenvalue weighted by atomic mass is 16.5. The third kappa shape index (κ3) is 5.39. The van der Waals surface area contributed by atoms with Crippen LogP contribution in [0.4, 0.5) is 10.5 Å². The predicted molar refractivity (Wildman–Crippen MR) is 161 cm³/mol. The van der Waals surface area contributed by atoms with Gasteiger partial charge in [-0.25, -0.2) is 4.79 Å². The number of carbonyl (C=O) groups is 2. The van der Waals surface area contributed by atoms with Crippen LogP contribution >= 0.6 is 0 Å². The van der Waals surface area contributed by atoms with Crippen molar-refractivity contribution in [1.29, 1.82) is 0 Å². The smallest absolute Gasteiger partial charge is 0.321 e. The quantitative estimate of drug-likeness (QED) is 0.349. The van der Waals surface area contributed by atoms with Crippen molar-refractivity contribution >= 4 is 28.5 Å². The van der Waals surface area contributed by atoms with Gasteiger partial charge in [0.15, 0.2) is 5.76 Å². The number of fused-ring (bicyclic) bond motifs is 5. The molecule has 0 bridgehead atoms. The molecule has 0 saturated heterocycles. The van der Waals surface area contributed by atoms with Gasteiger partial charge >= 0.3 is 6.03 Å². The first-order chi connectivity index (χ1) is 20.1. The highest BCUT2D eigenvalue weighted by molar-refractivity contribution is 6.10. The summed E-state index contributed by atoms with van der Waals surface area (Å²) in [5.41, 5.74) is 5.41. The van der Waals surface area contributed by atoms with Gasteiger partial charge in [0.05, 0.1) is 25.4 Å². The Morgan fingerprint density at radius 2 is 1.90 bits per heavy atom. The van der Waals surface area contributed by atoms with Crippen LogP contribution in [0.3, 0.4) is 0 Å². The molecular weight excluding hydrogens is 534 g/mol. The number of nitrogens with zero attached hydrogens (tertiary/aromatic N) is 4. The summed E-state index contributed by atoms with van der Waals surface area (Å²) in [7, 11) is 3.63. The van der Waals surface area contributed by atoms with Gasteiger partial charge in [0.2, 0.25) is 0 Å². The van der Waals surface area contributed by atoms with E-state index in [1.54, 1.807) is 30.7 Å². The zero-order valence-electron chi connectivity index (χ0n) is 25.0. The molecule has 1 aliphatic rings. The molecule has 4 aromatic rings. The molecule has 0 saturated carbocycles. The average molecular weight is 574 g/mol. The van der Waals surface area contributed by atoms with E-state index in [0.29, 0.717) is 36.0 Å². The first-order valence-corrected chi connectivity index (χ1v) is 14.3. The van der Waals surface area contributed by atoms with E-state index in [1.807, 2.05) is 74.0 Å². The summed E-state index contributed by atoms with van der Waals surface area (Å²) < 4.78 is 13.7. The minimum absolute atomic E-state index is 0.156. The van der Waals surface area contributed by atoms with Crippen LogP contribution < -0.4 is 5.32 Å². The van der Waals surface area contributed by atoms with Gasteiger partial charge in [-0.3, -0.25) is 4.79 Å². The third-order valence-electron chi connectivity index (χ3n) is 8.29. The Hall–Kier alpha value is -4.15. The molecule has 0 fully saturated rings. The van der Waals surface area contributed by atoms with Gasteiger partial charge in [-0.05, 0) is 38.0 Å². The fraction of sp³-hybridized carbons (Fsp3) is 0.406. The fourth-order valence-electron chi connectivity index (χ4n) is 5.74. The Morgan fingerprint density at radius 1 is 1.19 bits per heavy atom. The maximum absolute atomic E-state index is 14.5. The summed E-state index contributed by atoms with van der Waals surface area (Å²) in [6, 6.07) is 15.2. The minimum Gasteiger partial charge on any atom is -0.394 e. The number of anilines is 1. The van der Waals surface area contributed by atoms with Crippen molar-refractivity contribution in [2.75, 3.05) is 32.1 Å². The maximum Gasteiger partial charge on any atom is 0.321 e. The molecule has 0 unspecified atom stereocenters. The number of ether oxygens (including phenoxy) is 1. The topological polar surface area (TPSA) is 113 Å². The van der Waals surface area contributed by atoms with Crippen LogP contribution in [0.15, 0.2) is 53.1 Å². The van der Waals surface area contributed by atoms with Crippen LogP contribution in [0, 0.1) is 19.8 Å². The lowest BCUT2D eigenvalue weighted by Gasteiger charge is -2.35. The van der Waals surface area contributed by atoms with E-state index in [1.165, 1.54) is 0 Å². The molecule has 0 spiro atoms. The van der Waals surface area contributed by atoms with Crippen molar-refractivity contribution in [1.82, 2.24) is 19.5 Å². The number of para-hydroxylation sites is 1. The lowest BCUT2D eigenvalue weighted by molar-refractivity contribution is -0.0179. The molecular formula is C32H39N5O5. The first-order valence-electron chi connectivity index (χ1n) is 14.3. The number of hydrogen-bond acceptors (Lipinski definition) is 6. The summed E-state index contributed by atoms with van der Waals surface area (Å²) in [6.07, 6.45) is -0.405. The van der Waals surface area contributed by atoms with Crippen LogP contribution in [-0.2, 0) is 18.4 Å². The number of hydrogen-bond donors (Lipinski definition) is 2. The monoisotopic (exact) mass is 573 g/mol. The normalized spacial score (nSPS) is 18.3. The van der Waals surface area contributed by atoms with Crippen molar-refractivity contribution in [3.05, 3.63) is 71.2 Å². The summed E-state index contributed by atoms with van der Waals surface area (Å²) in [6.45, 7) is 8.12. The van der Waals surface area contributed by atoms with Crippen LogP contribution in [0.25, 0.3) is 22.0 Å². The molecule has 2 N–H and O–H groups in total. The first kappa shape index (κ1) is 29.3. The molecule has 3 heterocycles. The van der Waals surface area contributed by atoms with Crippen molar-refractivity contribution in [3.63, 3.8) is 0 Å². The highest BCUT2D eigenvalue weighted by Crippen LogP contribution is 2.38. The SMILES string of the molecule is Cc1noc(C)c1NC(=O)N(C)C[C@@H]1OCc2ccccc2-c2c(n(C)c3ccccc23)C(=O)N([C@H](C)CO)C[C@H]1C. The second kappa shape index (κ2) is 12.0. The second-order valence-electron chi connectivity index (χ2n) is 11.3. The Kier molecular flexibility index (Phi) is 8.38. The molecule has 5 rings (SSSR count). The van der Waals surface area contributed by atoms with Crippen molar-refractivity contribution in [2.45, 2.75) is 46.4 Å². The molecule has 2 aromatic heterocycles. The highest BCUT2D eigenvalue weighted by Gasteiger charge is 2.34. The van der Waals surface area contributed by atoms with E-state index in [2.05, 4.69) is 10.5 Å². The molecule has 3 amide bonds. The molecule has 222 valence electrons. The van der Waals surface area contributed by atoms with Crippen LogP contribution in [0.2, 0.25) is 0 Å². The summed E-state index contributed by atoms with van der Waals surface area (Å²) in [5, 5.41) is 18.0. The van der Waals surface area contributed by atoms with E-state index in [9.17, 15) is 14.7 Å². The van der Waals surface area contributed by atoms with Gasteiger partial charge in [0.1, 0.15) is 17.1 Å². The predicted octanol–water partition coefficient (Wildman–Crippen LogP) is 4.97. The molecule has 10 nitrogen and oxygen atoms in total. The van der Waals surface area contributed by atoms with Crippen LogP contribution in [0.1, 0.15) is 41.4 Å². The van der Waals surface area contributed by atoms with E-state index < -0.39 is 12.1 Å². The zero-order chi connectivity index (χ0) is 30.1. The summed E-state index contributed by atoms with van der Waals surface area (Å²) in [5.74, 6) is 0.211. The number of benzene rings is 2. The summed E-state index contributed by atoms with van der Waals surface area (Å²) in [4.78, 5) is 30.9. The minimum atomic E-state index is -0.428. The average Bonchev–Trinajstić information content (AvgIpc) is 3.47. The van der Waals surface area contributed by atoms with Gasteiger partial charge in [-0.1, -0.05) is 54.5 Å². The van der Waals surface area contributed by atoms with E-state index in [0.717, 1.165) is 27.6 Å². The van der Waals surface area contributed by atoms with Gasteiger partial charge in [-0.2, -0.15) is 0 Å². The zero-order valence-corrected chi connectivity index (χ0v) is 25.0. The number of aryl methyl sites for hydroxylation is 3. The maximum atomic E-state index is 14.5. The largest absolute Gasteiger partial charge is 0.394 e. The fourth-order valence-corrected chi connectivity index (χ4v) is 5.74. The van der Waals surface area contributed by atoms with Gasteiger partial charge in [0.25, 0.3) is 5.91 Å². The van der Waals surface area contributed by atoms with Gasteiger partial charge in [0, 0.05) is 49.6 Å². The van der Waals surface area contributed by atoms with Crippen molar-refractivity contribution in [2.24, 2.45) is 13.0 Å². The van der Waals surface area contributed by atoms with Gasteiger partial charge < -0.3 is 34.1 Å². The molecule has 0 aliphatic carbocycles. The number of aliphatic hydroxyl groups is 1. The number of aromatic nitrogens is 2. The van der Waals surface area contributed by atoms with Crippen LogP contribution in [-0.4, -0.2) is 75.5 Å². The van der Waals surface area contributed by atoms with E-state index in [-0.39, 0.29) is 31.0 Å². The Balaban J connectivity index is 1.54. The van der Waals surface area contributed by atoms with Gasteiger partial charge in [-0.15, -0.1) is 0 Å². The van der Waals surface area contributed by atoms with E-state index in [4.69, 9.17) is 9.26 Å². The van der Waals surface area contributed by atoms with E-state index >= 15 is 0 Å². The summed E-state index contributed by atoms with van der Waals surface area (Å²) >= 11 is 0. The Labute approximate surface area is 245 Å². The third-order valence-corrected chi connectivity index (χ3v) is 8.29. The lowest BCUT2D eigenvalue weighted by Crippen LogP contribution is -2.48. The Bertz CT molecular complexity index is 1590. The number of carbonyl (C=O) groups excluding carboxylic acids is 2. The van der Waals surface area contributed by atoms with Crippen LogP contribution in [0.5, 0.6) is 0 Å². The molecule has 0 radical (unpaired) electrons. The standard InChI is InChI=1S/C32H39N5O5/c1-19-15-37(20(2)17-38)31(39)30-28(25-13-9-10-14-26(25)36(30)6)24-12-8-7-11-23(24)18-41-27(19)16-35(5)32(40)33-29-21(3)34-42-22(29)4/h7-14,19-20,27,38H,15-18H2,1-6H3,(H,33,40)/t19-,20-,27+/m1/s1. The molecule has 1 aliphatic heterocycles. The van der Waals surface area contributed by atoms with Crippen molar-refractivity contribution in [3.8, 4) is 11.1 Å². The number of nitrogens with one attached hydrogen (secondary N) is 1. The second-order valence-corrected chi connectivity index (χ2v) is 11.3. The number of amides is 3. The number of urea groups is 1. The number of aliphatic hydroxyl groups excluding tert-OH is 1. The lowest BCUT2D eigenvalue weighted by atomic mass is 9.96. The molecule has 2 aromatic carbocycles. The number of likely N-dealkylation sites (N-methyl/N-ethyl adjacent to an activating group) is 1. The molecule has 10 heteroatoms. The molecule has 3 atom stereocenters. The molecule has 42 heavy (non-hydrogen) atoms. The Morgan fingerprint density at radius 3 is 2.62 bits per heavy atom. The van der Waals surface area contributed by atoms with Crippen molar-refractivity contribution < 1.29 is 24.0 Å².